The highest BCUT2D eigenvalue weighted by Gasteiger charge is 2.25. The molecule has 3 aromatic heterocycles. The number of rotatable bonds is 6. The normalized spacial score (nSPS) is 13.8. The maximum atomic E-state index is 12.6. The minimum Gasteiger partial charge on any atom is -0.478 e. The van der Waals surface area contributed by atoms with Crippen molar-refractivity contribution in [3.63, 3.8) is 0 Å². The van der Waals surface area contributed by atoms with Gasteiger partial charge in [0.05, 0.1) is 13.1 Å². The predicted octanol–water partition coefficient (Wildman–Crippen LogP) is 7.19. The van der Waals surface area contributed by atoms with Gasteiger partial charge in [-0.1, -0.05) is 25.6 Å². The van der Waals surface area contributed by atoms with Gasteiger partial charge in [-0.25, -0.2) is 19.6 Å². The Kier molecular flexibility index (Phi) is 15.4. The van der Waals surface area contributed by atoms with Crippen LogP contribution in [0.2, 0.25) is 0 Å². The lowest BCUT2D eigenvalue weighted by Crippen LogP contribution is -2.37. The number of nitrogens with one attached hydrogen (secondary N) is 3. The number of likely N-dealkylation sites (N-methyl/N-ethyl adjacent to an activating group) is 1. The molecule has 0 unspecified atom stereocenters. The van der Waals surface area contributed by atoms with Gasteiger partial charge in [-0.05, 0) is 80.1 Å². The molecule has 0 atom stereocenters. The minimum atomic E-state index is -1.02. The van der Waals surface area contributed by atoms with Crippen LogP contribution in [0.15, 0.2) is 60.9 Å². The highest BCUT2D eigenvalue weighted by Crippen LogP contribution is 2.31. The molecule has 0 spiro atoms. The van der Waals surface area contributed by atoms with Crippen molar-refractivity contribution in [1.29, 1.82) is 0 Å². The molecule has 0 fully saturated rings. The second-order valence-corrected chi connectivity index (χ2v) is 14.5. The maximum absolute atomic E-state index is 12.6. The first-order valence-electron chi connectivity index (χ1n) is 16.8. The summed E-state index contributed by atoms with van der Waals surface area (Å²) in [6.45, 7) is 12.2. The van der Waals surface area contributed by atoms with Crippen LogP contribution in [-0.4, -0.2) is 81.7 Å². The Morgan fingerprint density at radius 3 is 2.30 bits per heavy atom. The maximum Gasteiger partial charge on any atom is 0.410 e. The number of halogens is 1. The number of aryl methyl sites for hydroxylation is 1. The molecule has 0 radical (unpaired) electrons. The third-order valence-electron chi connectivity index (χ3n) is 8.11. The van der Waals surface area contributed by atoms with Gasteiger partial charge in [0, 0.05) is 85.0 Å². The number of carboxylic acid groups (broad SMARTS) is 1. The molecule has 53 heavy (non-hydrogen) atoms. The number of aliphatic carboxylic acids is 1. The van der Waals surface area contributed by atoms with E-state index < -0.39 is 11.6 Å². The molecular formula is C39H50ClN7O5S. The van der Waals surface area contributed by atoms with E-state index in [9.17, 15) is 14.4 Å². The van der Waals surface area contributed by atoms with Crippen LogP contribution in [0.4, 0.5) is 16.4 Å². The molecule has 5 heterocycles. The summed E-state index contributed by atoms with van der Waals surface area (Å²) in [6, 6.07) is 12.3. The number of carbonyl (C=O) groups excluding carboxylic acids is 2. The first kappa shape index (κ1) is 42.4. The zero-order chi connectivity index (χ0) is 36.5. The molecule has 14 heteroatoms. The zero-order valence-corrected chi connectivity index (χ0v) is 31.7. The standard InChI is InChI=1S/C22H24N4OS.C16H21N3O4.CH4.ClH/c1-15-18-5-3-4-6-19(18)28-20(15)14-26(2)21(27)8-7-16-11-17-13-23-9-10-24-22(17)25-12-16;1-16(2,3)23-15(22)19-7-6-17-14-12(10-19)8-11(9-18-14)4-5-13(20)21;;/h3-8,11-12,23H,9-10,13-14H2,1-2H3,(H,24,25);4-5,8-9H,6-7,10H2,1-3H3,(H,17,18)(H,20,21);1H4;1H/b8-7+;5-4+;;. The fraction of sp³-hybridized carbons (Fsp3) is 0.359. The molecule has 4 aromatic rings. The zero-order valence-electron chi connectivity index (χ0n) is 30.1. The number of ether oxygens (including phenoxy) is 1. The topological polar surface area (TPSA) is 149 Å². The number of benzene rings is 1. The van der Waals surface area contributed by atoms with Crippen molar-refractivity contribution in [1.82, 2.24) is 25.1 Å². The molecule has 12 nitrogen and oxygen atoms in total. The van der Waals surface area contributed by atoms with Crippen LogP contribution in [0.1, 0.15) is 60.9 Å². The number of hydrogen-bond acceptors (Lipinski definition) is 10. The molecule has 284 valence electrons. The summed E-state index contributed by atoms with van der Waals surface area (Å²) in [6.07, 6.45) is 9.01. The van der Waals surface area contributed by atoms with Gasteiger partial charge in [-0.15, -0.1) is 23.7 Å². The second kappa shape index (κ2) is 19.2. The van der Waals surface area contributed by atoms with E-state index in [1.165, 1.54) is 26.6 Å². The van der Waals surface area contributed by atoms with Gasteiger partial charge in [0.25, 0.3) is 0 Å². The molecule has 2 amide bonds. The largest absolute Gasteiger partial charge is 0.478 e. The summed E-state index contributed by atoms with van der Waals surface area (Å²) >= 11 is 1.76. The molecule has 1 aromatic carbocycles. The van der Waals surface area contributed by atoms with Gasteiger partial charge in [0.15, 0.2) is 0 Å². The fourth-order valence-electron chi connectivity index (χ4n) is 5.51. The van der Waals surface area contributed by atoms with Gasteiger partial charge in [0.2, 0.25) is 5.91 Å². The monoisotopic (exact) mass is 763 g/mol. The molecule has 0 saturated carbocycles. The lowest BCUT2D eigenvalue weighted by Gasteiger charge is -2.26. The molecule has 0 bridgehead atoms. The molecular weight excluding hydrogens is 714 g/mol. The van der Waals surface area contributed by atoms with Crippen molar-refractivity contribution in [3.8, 4) is 0 Å². The lowest BCUT2D eigenvalue weighted by atomic mass is 10.1. The number of carbonyl (C=O) groups is 3. The Morgan fingerprint density at radius 1 is 0.981 bits per heavy atom. The van der Waals surface area contributed by atoms with Crippen LogP contribution >= 0.6 is 23.7 Å². The lowest BCUT2D eigenvalue weighted by molar-refractivity contribution is -0.131. The molecule has 6 rings (SSSR count). The molecule has 2 aliphatic rings. The summed E-state index contributed by atoms with van der Waals surface area (Å²) in [4.78, 5) is 48.8. The third kappa shape index (κ3) is 12.0. The number of thiophene rings is 1. The van der Waals surface area contributed by atoms with Gasteiger partial charge in [-0.2, -0.15) is 0 Å². The van der Waals surface area contributed by atoms with Crippen LogP contribution in [0.5, 0.6) is 0 Å². The average molecular weight is 764 g/mol. The number of anilines is 2. The Balaban J connectivity index is 0.000000280. The van der Waals surface area contributed by atoms with Crippen LogP contribution in [0.25, 0.3) is 22.2 Å². The van der Waals surface area contributed by atoms with E-state index in [4.69, 9.17) is 9.84 Å². The average Bonchev–Trinajstić information content (AvgIpc) is 3.27. The van der Waals surface area contributed by atoms with Crippen LogP contribution in [-0.2, 0) is 34.0 Å². The first-order valence-corrected chi connectivity index (χ1v) is 17.6. The van der Waals surface area contributed by atoms with Crippen molar-refractivity contribution in [2.45, 2.75) is 60.4 Å². The number of hydrogen-bond donors (Lipinski definition) is 4. The highest BCUT2D eigenvalue weighted by molar-refractivity contribution is 7.19. The molecule has 4 N–H and O–H groups in total. The number of amides is 2. The highest BCUT2D eigenvalue weighted by atomic mass is 35.5. The SMILES string of the molecule is C.CC(C)(C)OC(=O)N1CCNc2ncc(/C=C/C(=O)O)cc2C1.Cc1c(CN(C)C(=O)/C=C/c2cnc3c(c2)CNCCN3)sc2ccccc12.Cl. The third-order valence-corrected chi connectivity index (χ3v) is 9.37. The number of carboxylic acids is 1. The summed E-state index contributed by atoms with van der Waals surface area (Å²) in [7, 11) is 1.85. The summed E-state index contributed by atoms with van der Waals surface area (Å²) < 4.78 is 6.67. The molecule has 2 aliphatic heterocycles. The van der Waals surface area contributed by atoms with Crippen LogP contribution in [0, 0.1) is 6.92 Å². The van der Waals surface area contributed by atoms with Gasteiger partial charge in [-0.3, -0.25) is 4.79 Å². The molecule has 0 saturated heterocycles. The van der Waals surface area contributed by atoms with E-state index in [0.717, 1.165) is 48.2 Å². The Labute approximate surface area is 321 Å². The van der Waals surface area contributed by atoms with Crippen molar-refractivity contribution >= 4 is 75.6 Å². The first-order chi connectivity index (χ1) is 24.4. The van der Waals surface area contributed by atoms with Crippen LogP contribution < -0.4 is 16.0 Å². The Bertz CT molecular complexity index is 1960. The van der Waals surface area contributed by atoms with E-state index in [0.29, 0.717) is 37.6 Å². The minimum absolute atomic E-state index is 0. The van der Waals surface area contributed by atoms with E-state index >= 15 is 0 Å². The van der Waals surface area contributed by atoms with E-state index in [2.05, 4.69) is 63.2 Å². The molecule has 0 aliphatic carbocycles. The predicted molar refractivity (Wildman–Crippen MR) is 217 cm³/mol. The smallest absolute Gasteiger partial charge is 0.410 e. The fourth-order valence-corrected chi connectivity index (χ4v) is 6.78. The number of pyridine rings is 2. The van der Waals surface area contributed by atoms with E-state index in [1.54, 1.807) is 39.6 Å². The Morgan fingerprint density at radius 2 is 1.62 bits per heavy atom. The summed E-state index contributed by atoms with van der Waals surface area (Å²) in [5, 5.41) is 19.8. The summed E-state index contributed by atoms with van der Waals surface area (Å²) in [5.41, 5.74) is 4.26. The number of nitrogens with zero attached hydrogens (tertiary/aromatic N) is 4. The van der Waals surface area contributed by atoms with Crippen molar-refractivity contribution in [2.24, 2.45) is 0 Å². The quantitative estimate of drug-likeness (QED) is 0.149. The van der Waals surface area contributed by atoms with E-state index in [-0.39, 0.29) is 31.8 Å². The van der Waals surface area contributed by atoms with Gasteiger partial charge >= 0.3 is 12.1 Å². The second-order valence-electron chi connectivity index (χ2n) is 13.3. The van der Waals surface area contributed by atoms with Gasteiger partial charge in [0.1, 0.15) is 17.2 Å². The van der Waals surface area contributed by atoms with Gasteiger partial charge < -0.3 is 35.6 Å². The summed E-state index contributed by atoms with van der Waals surface area (Å²) in [5.74, 6) is 0.589. The van der Waals surface area contributed by atoms with Crippen molar-refractivity contribution in [2.75, 3.05) is 43.9 Å². The van der Waals surface area contributed by atoms with Crippen LogP contribution in [0.3, 0.4) is 0 Å². The van der Waals surface area contributed by atoms with Crippen molar-refractivity contribution < 1.29 is 24.2 Å². The Hall–Kier alpha value is -4.98. The number of fused-ring (bicyclic) bond motifs is 3. The van der Waals surface area contributed by atoms with Crippen molar-refractivity contribution in [3.05, 3.63) is 93.6 Å². The number of aromatic nitrogens is 2. The van der Waals surface area contributed by atoms with E-state index in [1.807, 2.05) is 40.0 Å².